The molecule has 0 aliphatic carbocycles. The lowest BCUT2D eigenvalue weighted by atomic mass is 10.2. The van der Waals surface area contributed by atoms with Gasteiger partial charge >= 0.3 is 5.97 Å². The van der Waals surface area contributed by atoms with Gasteiger partial charge in [0.1, 0.15) is 30.8 Å². The first-order valence-electron chi connectivity index (χ1n) is 7.53. The van der Waals surface area contributed by atoms with E-state index >= 15 is 0 Å². The van der Waals surface area contributed by atoms with Crippen LogP contribution in [0.5, 0.6) is 0 Å². The molecule has 126 valence electrons. The van der Waals surface area contributed by atoms with Crippen LogP contribution in [0.25, 0.3) is 11.0 Å². The summed E-state index contributed by atoms with van der Waals surface area (Å²) in [5.41, 5.74) is 0.751. The molecule has 7 nitrogen and oxygen atoms in total. The molecule has 1 amide bonds. The van der Waals surface area contributed by atoms with Gasteiger partial charge in [0.25, 0.3) is 5.91 Å². The van der Waals surface area contributed by atoms with E-state index in [-0.39, 0.29) is 18.4 Å². The monoisotopic (exact) mass is 331 g/mol. The first-order chi connectivity index (χ1) is 11.6. The number of rotatable bonds is 5. The minimum atomic E-state index is -0.735. The molecule has 0 unspecified atom stereocenters. The summed E-state index contributed by atoms with van der Waals surface area (Å²) in [6.07, 6.45) is 1.18. The van der Waals surface area contributed by atoms with Gasteiger partial charge in [-0.3, -0.25) is 4.79 Å². The zero-order valence-electron chi connectivity index (χ0n) is 13.1. The number of benzene rings is 1. The number of nitrogens with one attached hydrogen (secondary N) is 1. The molecule has 0 saturated heterocycles. The van der Waals surface area contributed by atoms with Crippen molar-refractivity contribution < 1.29 is 28.2 Å². The molecule has 1 N–H and O–H groups in total. The van der Waals surface area contributed by atoms with Crippen LogP contribution in [0.3, 0.4) is 0 Å². The van der Waals surface area contributed by atoms with Gasteiger partial charge in [0, 0.05) is 5.39 Å². The SMILES string of the molecule is C[C@H](NC(=O)COC(=O)C1=COCCO1)c1cc2ccccc2o1. The second kappa shape index (κ2) is 7.08. The van der Waals surface area contributed by atoms with Crippen LogP contribution < -0.4 is 5.32 Å². The summed E-state index contributed by atoms with van der Waals surface area (Å²) in [5.74, 6) is -0.586. The van der Waals surface area contributed by atoms with E-state index in [4.69, 9.17) is 18.6 Å². The third-order valence-electron chi connectivity index (χ3n) is 3.43. The van der Waals surface area contributed by atoms with E-state index in [0.29, 0.717) is 12.4 Å². The molecule has 1 atom stereocenters. The molecule has 0 radical (unpaired) electrons. The Hall–Kier alpha value is -2.96. The Bertz CT molecular complexity index is 745. The number of amides is 1. The lowest BCUT2D eigenvalue weighted by Crippen LogP contribution is -2.31. The van der Waals surface area contributed by atoms with Gasteiger partial charge in [0.05, 0.1) is 6.04 Å². The predicted molar refractivity (Wildman–Crippen MR) is 83.7 cm³/mol. The molecule has 1 aromatic heterocycles. The maximum atomic E-state index is 11.9. The van der Waals surface area contributed by atoms with E-state index in [1.807, 2.05) is 30.3 Å². The molecule has 2 heterocycles. The molecular formula is C17H17NO6. The highest BCUT2D eigenvalue weighted by Gasteiger charge is 2.19. The molecule has 24 heavy (non-hydrogen) atoms. The zero-order valence-corrected chi connectivity index (χ0v) is 13.1. The fourth-order valence-electron chi connectivity index (χ4n) is 2.25. The number of carbonyl (C=O) groups excluding carboxylic acids is 2. The Morgan fingerprint density at radius 3 is 2.88 bits per heavy atom. The summed E-state index contributed by atoms with van der Waals surface area (Å²) in [7, 11) is 0. The van der Waals surface area contributed by atoms with Gasteiger partial charge in [-0.2, -0.15) is 0 Å². The Morgan fingerprint density at radius 1 is 1.29 bits per heavy atom. The number of ether oxygens (including phenoxy) is 3. The first kappa shape index (κ1) is 15.9. The molecule has 1 aromatic carbocycles. The molecule has 2 aromatic rings. The number of furan rings is 1. The van der Waals surface area contributed by atoms with Crippen molar-refractivity contribution in [3.05, 3.63) is 48.1 Å². The summed E-state index contributed by atoms with van der Waals surface area (Å²) in [6.45, 7) is 2.03. The number of para-hydroxylation sites is 1. The normalized spacial score (nSPS) is 15.0. The minimum Gasteiger partial charge on any atom is -0.493 e. The molecule has 1 aliphatic rings. The average Bonchev–Trinajstić information content (AvgIpc) is 3.05. The van der Waals surface area contributed by atoms with Crippen LogP contribution in [0.4, 0.5) is 0 Å². The molecule has 0 spiro atoms. The summed E-state index contributed by atoms with van der Waals surface area (Å²) in [6, 6.07) is 9.09. The molecule has 1 aliphatic heterocycles. The minimum absolute atomic E-state index is 0.0422. The van der Waals surface area contributed by atoms with Crippen molar-refractivity contribution >= 4 is 22.8 Å². The highest BCUT2D eigenvalue weighted by Crippen LogP contribution is 2.23. The quantitative estimate of drug-likeness (QED) is 0.844. The smallest absolute Gasteiger partial charge is 0.377 e. The summed E-state index contributed by atoms with van der Waals surface area (Å²) < 4.78 is 20.6. The number of hydrogen-bond donors (Lipinski definition) is 1. The first-order valence-corrected chi connectivity index (χ1v) is 7.53. The van der Waals surface area contributed by atoms with Crippen molar-refractivity contribution in [2.75, 3.05) is 19.8 Å². The second-order valence-electron chi connectivity index (χ2n) is 5.25. The van der Waals surface area contributed by atoms with Crippen LogP contribution in [0, 0.1) is 0 Å². The van der Waals surface area contributed by atoms with Gasteiger partial charge < -0.3 is 23.9 Å². The maximum absolute atomic E-state index is 11.9. The molecule has 7 heteroatoms. The van der Waals surface area contributed by atoms with E-state index in [2.05, 4.69) is 5.32 Å². The van der Waals surface area contributed by atoms with E-state index in [1.165, 1.54) is 6.26 Å². The second-order valence-corrected chi connectivity index (χ2v) is 5.25. The Balaban J connectivity index is 1.52. The van der Waals surface area contributed by atoms with Crippen LogP contribution in [0.15, 0.2) is 46.8 Å². The van der Waals surface area contributed by atoms with E-state index in [9.17, 15) is 9.59 Å². The van der Waals surface area contributed by atoms with Crippen molar-refractivity contribution in [2.45, 2.75) is 13.0 Å². The maximum Gasteiger partial charge on any atom is 0.377 e. The van der Waals surface area contributed by atoms with Crippen molar-refractivity contribution in [3.8, 4) is 0 Å². The van der Waals surface area contributed by atoms with Crippen molar-refractivity contribution in [2.24, 2.45) is 0 Å². The highest BCUT2D eigenvalue weighted by atomic mass is 16.6. The Morgan fingerprint density at radius 2 is 2.12 bits per heavy atom. The molecule has 0 fully saturated rings. The molecular weight excluding hydrogens is 314 g/mol. The fourth-order valence-corrected chi connectivity index (χ4v) is 2.25. The van der Waals surface area contributed by atoms with Crippen LogP contribution in [0.2, 0.25) is 0 Å². The number of hydrogen-bond acceptors (Lipinski definition) is 6. The van der Waals surface area contributed by atoms with Gasteiger partial charge in [-0.05, 0) is 19.1 Å². The standard InChI is InChI=1S/C17H17NO6/c1-11(14-8-12-4-2-3-5-13(12)24-14)18-16(19)10-23-17(20)15-9-21-6-7-22-15/h2-5,8-9,11H,6-7,10H2,1H3,(H,18,19)/t11-/m0/s1. The zero-order chi connectivity index (χ0) is 16.9. The lowest BCUT2D eigenvalue weighted by molar-refractivity contribution is -0.149. The predicted octanol–water partition coefficient (Wildman–Crippen LogP) is 2.04. The molecule has 3 rings (SSSR count). The van der Waals surface area contributed by atoms with E-state index < -0.39 is 18.5 Å². The summed E-state index contributed by atoms with van der Waals surface area (Å²) in [4.78, 5) is 23.6. The third kappa shape index (κ3) is 3.68. The summed E-state index contributed by atoms with van der Waals surface area (Å²) >= 11 is 0. The highest BCUT2D eigenvalue weighted by molar-refractivity contribution is 5.88. The van der Waals surface area contributed by atoms with Crippen LogP contribution in [0.1, 0.15) is 18.7 Å². The average molecular weight is 331 g/mol. The van der Waals surface area contributed by atoms with Crippen molar-refractivity contribution in [1.82, 2.24) is 5.32 Å². The van der Waals surface area contributed by atoms with E-state index in [0.717, 1.165) is 11.0 Å². The Kier molecular flexibility index (Phi) is 4.69. The van der Waals surface area contributed by atoms with Crippen LogP contribution in [-0.4, -0.2) is 31.7 Å². The van der Waals surface area contributed by atoms with Crippen LogP contribution in [-0.2, 0) is 23.8 Å². The van der Waals surface area contributed by atoms with E-state index in [1.54, 1.807) is 6.92 Å². The van der Waals surface area contributed by atoms with Crippen LogP contribution >= 0.6 is 0 Å². The van der Waals surface area contributed by atoms with Gasteiger partial charge in [0.15, 0.2) is 6.61 Å². The van der Waals surface area contributed by atoms with Gasteiger partial charge in [0.2, 0.25) is 5.76 Å². The topological polar surface area (TPSA) is 87.0 Å². The lowest BCUT2D eigenvalue weighted by Gasteiger charge is -2.15. The third-order valence-corrected chi connectivity index (χ3v) is 3.43. The number of carbonyl (C=O) groups is 2. The fraction of sp³-hybridized carbons (Fsp3) is 0.294. The largest absolute Gasteiger partial charge is 0.493 e. The number of fused-ring (bicyclic) bond motifs is 1. The van der Waals surface area contributed by atoms with Crippen molar-refractivity contribution in [1.29, 1.82) is 0 Å². The molecule has 0 bridgehead atoms. The van der Waals surface area contributed by atoms with Crippen molar-refractivity contribution in [3.63, 3.8) is 0 Å². The van der Waals surface area contributed by atoms with Gasteiger partial charge in [-0.25, -0.2) is 4.79 Å². The van der Waals surface area contributed by atoms with Gasteiger partial charge in [-0.15, -0.1) is 0 Å². The number of esters is 1. The van der Waals surface area contributed by atoms with Gasteiger partial charge in [-0.1, -0.05) is 18.2 Å². The summed E-state index contributed by atoms with van der Waals surface area (Å²) in [5, 5.41) is 3.67. The Labute approximate surface area is 138 Å². The molecule has 0 saturated carbocycles.